The number of rotatable bonds is 2. The molecule has 0 amide bonds. The van der Waals surface area contributed by atoms with E-state index in [0.29, 0.717) is 21.8 Å². The van der Waals surface area contributed by atoms with Gasteiger partial charge in [-0.3, -0.25) is 0 Å². The summed E-state index contributed by atoms with van der Waals surface area (Å²) in [5.74, 6) is -1.10. The molecule has 2 N–H and O–H groups in total. The second-order valence-electron chi connectivity index (χ2n) is 1.26. The Balaban J connectivity index is 3.34. The van der Waals surface area contributed by atoms with E-state index in [1.807, 2.05) is 0 Å². The summed E-state index contributed by atoms with van der Waals surface area (Å²) < 4.78 is 0. The summed E-state index contributed by atoms with van der Waals surface area (Å²) in [5, 5.41) is 16.8. The fourth-order valence-corrected chi connectivity index (χ4v) is 0.907. The van der Waals surface area contributed by atoms with Gasteiger partial charge in [0.2, 0.25) is 0 Å². The second-order valence-corrected chi connectivity index (χ2v) is 2.98. The number of carbonyl (C=O) groups is 1. The van der Waals surface area contributed by atoms with E-state index < -0.39 is 12.1 Å². The molecule has 0 radical (unpaired) electrons. The number of aliphatic hydroxyl groups is 1. The van der Waals surface area contributed by atoms with Gasteiger partial charge < -0.3 is 0 Å². The molecule has 1 unspecified atom stereocenters. The first kappa shape index (κ1) is 6.97. The van der Waals surface area contributed by atoms with Crippen LogP contribution in [-0.2, 0) is 4.79 Å². The predicted molar refractivity (Wildman–Crippen MR) is 28.4 cm³/mol. The van der Waals surface area contributed by atoms with Crippen LogP contribution in [0.4, 0.5) is 0 Å². The molecular formula is C3H8GeO3. The third-order valence-electron chi connectivity index (χ3n) is 0.672. The Morgan fingerprint density at radius 1 is 1.86 bits per heavy atom. The maximum absolute atomic E-state index is 9.71. The number of carboxylic acids is 1. The van der Waals surface area contributed by atoms with E-state index in [-0.39, 0.29) is 0 Å². The Kier molecular flexibility index (Phi) is 3.03. The summed E-state index contributed by atoms with van der Waals surface area (Å²) in [4.78, 5) is 9.71. The zero-order chi connectivity index (χ0) is 5.86. The molecule has 0 aliphatic rings. The molecule has 0 rings (SSSR count). The summed E-state index contributed by atoms with van der Waals surface area (Å²) in [6, 6.07) is 0. The van der Waals surface area contributed by atoms with Crippen LogP contribution in [0.3, 0.4) is 0 Å². The van der Waals surface area contributed by atoms with E-state index in [1.165, 1.54) is 0 Å². The summed E-state index contributed by atoms with van der Waals surface area (Å²) in [6.07, 6.45) is -1.10. The average molecular weight is 165 g/mol. The van der Waals surface area contributed by atoms with Crippen molar-refractivity contribution in [2.75, 3.05) is 0 Å². The van der Waals surface area contributed by atoms with E-state index in [4.69, 9.17) is 10.2 Å². The van der Waals surface area contributed by atoms with E-state index >= 15 is 0 Å². The van der Waals surface area contributed by atoms with Gasteiger partial charge in [-0.25, -0.2) is 0 Å². The zero-order valence-corrected chi connectivity index (χ0v) is 8.28. The van der Waals surface area contributed by atoms with Crippen LogP contribution in [-0.4, -0.2) is 38.8 Å². The van der Waals surface area contributed by atoms with Crippen molar-refractivity contribution in [1.82, 2.24) is 0 Å². The van der Waals surface area contributed by atoms with Gasteiger partial charge >= 0.3 is 48.8 Å². The van der Waals surface area contributed by atoms with Crippen molar-refractivity contribution >= 4 is 22.5 Å². The van der Waals surface area contributed by atoms with Gasteiger partial charge in [0, 0.05) is 0 Å². The van der Waals surface area contributed by atoms with Gasteiger partial charge in [-0.2, -0.15) is 0 Å². The standard InChI is InChI=1S/C3H8GeO3/c4-1-2(5)3(6)7/h2,5H,1H2,4H3,(H,6,7). The molecule has 0 spiro atoms. The summed E-state index contributed by atoms with van der Waals surface area (Å²) in [5.41, 5.74) is 0. The molecule has 0 saturated heterocycles. The minimum absolute atomic E-state index is 0.435. The predicted octanol–water partition coefficient (Wildman–Crippen LogP) is -1.78. The summed E-state index contributed by atoms with van der Waals surface area (Å²) in [7, 11) is 0. The fourth-order valence-electron chi connectivity index (χ4n) is 0.175. The van der Waals surface area contributed by atoms with Crippen molar-refractivity contribution in [2.24, 2.45) is 0 Å². The molecule has 0 saturated carbocycles. The van der Waals surface area contributed by atoms with Crippen molar-refractivity contribution in [3.8, 4) is 0 Å². The summed E-state index contributed by atoms with van der Waals surface area (Å²) in [6.45, 7) is 0. The van der Waals surface area contributed by atoms with Crippen molar-refractivity contribution < 1.29 is 15.0 Å². The third-order valence-corrected chi connectivity index (χ3v) is 2.29. The quantitative estimate of drug-likeness (QED) is 0.475. The average Bonchev–Trinajstić information content (AvgIpc) is 1.65. The molecule has 4 heteroatoms. The van der Waals surface area contributed by atoms with Gasteiger partial charge in [-0.05, 0) is 0 Å². The minimum atomic E-state index is -1.10. The van der Waals surface area contributed by atoms with Crippen LogP contribution >= 0.6 is 0 Å². The van der Waals surface area contributed by atoms with Crippen molar-refractivity contribution in [1.29, 1.82) is 0 Å². The SMILES string of the molecule is O=C(O)C(O)[CH2][GeH3]. The fraction of sp³-hybridized carbons (Fsp3) is 0.667. The third kappa shape index (κ3) is 2.64. The molecule has 3 nitrogen and oxygen atoms in total. The Hall–Kier alpha value is -0.0271. The molecule has 0 fully saturated rings. The van der Waals surface area contributed by atoms with Crippen molar-refractivity contribution in [3.63, 3.8) is 0 Å². The van der Waals surface area contributed by atoms with Gasteiger partial charge in [0.25, 0.3) is 0 Å². The van der Waals surface area contributed by atoms with E-state index in [2.05, 4.69) is 0 Å². The van der Waals surface area contributed by atoms with Gasteiger partial charge in [0.1, 0.15) is 0 Å². The molecule has 0 bridgehead atoms. The molecule has 0 aromatic heterocycles. The molecular weight excluding hydrogens is 157 g/mol. The van der Waals surface area contributed by atoms with Crippen LogP contribution in [0.15, 0.2) is 0 Å². The van der Waals surface area contributed by atoms with Crippen LogP contribution in [0, 0.1) is 0 Å². The number of hydrogen-bond donors (Lipinski definition) is 2. The molecule has 7 heavy (non-hydrogen) atoms. The van der Waals surface area contributed by atoms with Crippen LogP contribution in [0.2, 0.25) is 5.25 Å². The Labute approximate surface area is 49.6 Å². The normalized spacial score (nSPS) is 13.9. The molecule has 0 aliphatic heterocycles. The number of aliphatic hydroxyl groups excluding tert-OH is 1. The van der Waals surface area contributed by atoms with Crippen LogP contribution in [0.1, 0.15) is 0 Å². The van der Waals surface area contributed by atoms with E-state index in [0.717, 1.165) is 0 Å². The van der Waals surface area contributed by atoms with Gasteiger partial charge in [0.05, 0.1) is 0 Å². The molecule has 0 aromatic carbocycles. The second kappa shape index (κ2) is 3.04. The van der Waals surface area contributed by atoms with Crippen LogP contribution in [0.5, 0.6) is 0 Å². The molecule has 0 aliphatic carbocycles. The first-order chi connectivity index (χ1) is 3.18. The van der Waals surface area contributed by atoms with E-state index in [1.54, 1.807) is 0 Å². The maximum atomic E-state index is 9.71. The van der Waals surface area contributed by atoms with E-state index in [9.17, 15) is 4.79 Å². The van der Waals surface area contributed by atoms with Crippen LogP contribution < -0.4 is 0 Å². The Bertz CT molecular complexity index is 72.6. The number of hydrogen-bond acceptors (Lipinski definition) is 2. The Morgan fingerprint density at radius 2 is 2.29 bits per heavy atom. The zero-order valence-electron chi connectivity index (χ0n) is 4.09. The molecule has 0 heterocycles. The summed E-state index contributed by atoms with van der Waals surface area (Å²) >= 11 is 0.435. The van der Waals surface area contributed by atoms with Crippen LogP contribution in [0.25, 0.3) is 0 Å². The molecule has 1 atom stereocenters. The number of carboxylic acid groups (broad SMARTS) is 1. The van der Waals surface area contributed by atoms with Crippen molar-refractivity contribution in [2.45, 2.75) is 11.4 Å². The first-order valence-electron chi connectivity index (χ1n) is 2.09. The Morgan fingerprint density at radius 3 is 2.29 bits per heavy atom. The molecule has 42 valence electrons. The topological polar surface area (TPSA) is 57.5 Å². The monoisotopic (exact) mass is 166 g/mol. The van der Waals surface area contributed by atoms with Gasteiger partial charge in [-0.15, -0.1) is 0 Å². The first-order valence-corrected chi connectivity index (χ1v) is 5.06. The van der Waals surface area contributed by atoms with Crippen molar-refractivity contribution in [3.05, 3.63) is 0 Å². The van der Waals surface area contributed by atoms with Gasteiger partial charge in [0.15, 0.2) is 0 Å². The number of aliphatic carboxylic acids is 1. The molecule has 0 aromatic rings. The van der Waals surface area contributed by atoms with Gasteiger partial charge in [-0.1, -0.05) is 0 Å².